The van der Waals surface area contributed by atoms with Gasteiger partial charge in [-0.05, 0) is 62.4 Å². The number of hydrogen-bond acceptors (Lipinski definition) is 9. The number of carbonyl (C=O) groups excluding carboxylic acids is 2. The summed E-state index contributed by atoms with van der Waals surface area (Å²) in [6.45, 7) is 3.34. The molecule has 0 radical (unpaired) electrons. The standard InChI is InChI=1S/C29H37F3N10O4S/c1-39-24-16-20(2-3-23(24)26(38-39)42-14-8-25(43)37-28(42)44)19-4-10-40(11-5-19)15-9-35-47(45,46)41-12-6-22(7-13-41)36-27-33-17-21(18-34-27)29(30,31)32/h2-3,16-19,22,35H,4-15H2,1H3,(H,33,34,36)(H,37,43,44). The fourth-order valence-electron chi connectivity index (χ4n) is 6.36. The number of anilines is 2. The van der Waals surface area contributed by atoms with Gasteiger partial charge in [-0.2, -0.15) is 31.0 Å². The van der Waals surface area contributed by atoms with Gasteiger partial charge in [0.2, 0.25) is 11.9 Å². The first-order valence-corrected chi connectivity index (χ1v) is 17.0. The predicted molar refractivity (Wildman–Crippen MR) is 167 cm³/mol. The van der Waals surface area contributed by atoms with Crippen molar-refractivity contribution in [3.05, 3.63) is 41.7 Å². The Morgan fingerprint density at radius 1 is 1.00 bits per heavy atom. The van der Waals surface area contributed by atoms with E-state index in [1.165, 1.54) is 14.8 Å². The normalized spacial score (nSPS) is 19.8. The number of fused-ring (bicyclic) bond motifs is 1. The zero-order valence-corrected chi connectivity index (χ0v) is 26.6. The minimum atomic E-state index is -4.51. The zero-order valence-electron chi connectivity index (χ0n) is 25.8. The molecular formula is C29H37F3N10O4S. The third-order valence-corrected chi connectivity index (χ3v) is 10.7. The number of aryl methyl sites for hydroxylation is 1. The molecule has 0 bridgehead atoms. The molecule has 18 heteroatoms. The van der Waals surface area contributed by atoms with Gasteiger partial charge in [0.15, 0.2) is 5.82 Å². The second-order valence-electron chi connectivity index (χ2n) is 12.1. The van der Waals surface area contributed by atoms with Crippen LogP contribution in [0.3, 0.4) is 0 Å². The summed E-state index contributed by atoms with van der Waals surface area (Å²) in [4.78, 5) is 35.2. The number of amides is 3. The number of urea groups is 1. The maximum absolute atomic E-state index is 12.9. The van der Waals surface area contributed by atoms with Gasteiger partial charge in [-0.25, -0.2) is 19.5 Å². The van der Waals surface area contributed by atoms with Crippen molar-refractivity contribution in [1.82, 2.24) is 39.0 Å². The van der Waals surface area contributed by atoms with Crippen LogP contribution < -0.4 is 20.3 Å². The second-order valence-corrected chi connectivity index (χ2v) is 13.9. The maximum Gasteiger partial charge on any atom is 0.419 e. The third-order valence-electron chi connectivity index (χ3n) is 9.04. The number of hydrogen-bond donors (Lipinski definition) is 3. The first-order valence-electron chi connectivity index (χ1n) is 15.6. The molecule has 6 rings (SSSR count). The number of nitrogens with zero attached hydrogens (tertiary/aromatic N) is 7. The molecule has 0 saturated carbocycles. The van der Waals surface area contributed by atoms with Gasteiger partial charge < -0.3 is 10.2 Å². The van der Waals surface area contributed by atoms with E-state index in [1.54, 1.807) is 4.68 Å². The topological polar surface area (TPSA) is 158 Å². The Balaban J connectivity index is 0.943. The first-order chi connectivity index (χ1) is 22.4. The van der Waals surface area contributed by atoms with Gasteiger partial charge >= 0.3 is 12.2 Å². The Bertz CT molecular complexity index is 1720. The lowest BCUT2D eigenvalue weighted by Crippen LogP contribution is -2.49. The summed E-state index contributed by atoms with van der Waals surface area (Å²) in [6, 6.07) is 5.56. The smallest absolute Gasteiger partial charge is 0.351 e. The van der Waals surface area contributed by atoms with Crippen LogP contribution in [0.1, 0.15) is 49.1 Å². The van der Waals surface area contributed by atoms with Crippen molar-refractivity contribution in [2.75, 3.05) is 56.0 Å². The highest BCUT2D eigenvalue weighted by Crippen LogP contribution is 2.33. The average Bonchev–Trinajstić information content (AvgIpc) is 3.36. The highest BCUT2D eigenvalue weighted by atomic mass is 32.2. The lowest BCUT2D eigenvalue weighted by Gasteiger charge is -2.33. The summed E-state index contributed by atoms with van der Waals surface area (Å²) in [6.07, 6.45) is -0.0485. The quantitative estimate of drug-likeness (QED) is 0.309. The van der Waals surface area contributed by atoms with Crippen LogP contribution in [-0.4, -0.2) is 101 Å². The lowest BCUT2D eigenvalue weighted by molar-refractivity contribution is -0.138. The Kier molecular flexibility index (Phi) is 9.37. The van der Waals surface area contributed by atoms with E-state index in [0.717, 1.165) is 49.2 Å². The number of likely N-dealkylation sites (tertiary alicyclic amines) is 1. The predicted octanol–water partition coefficient (Wildman–Crippen LogP) is 2.42. The molecule has 0 spiro atoms. The van der Waals surface area contributed by atoms with Gasteiger partial charge in [0.25, 0.3) is 10.2 Å². The number of benzene rings is 1. The number of alkyl halides is 3. The van der Waals surface area contributed by atoms with Crippen molar-refractivity contribution >= 4 is 44.8 Å². The molecule has 0 aliphatic carbocycles. The Hall–Kier alpha value is -3.87. The number of piperidine rings is 2. The molecule has 1 aromatic carbocycles. The highest BCUT2D eigenvalue weighted by Gasteiger charge is 2.33. The summed E-state index contributed by atoms with van der Waals surface area (Å²) in [5, 5.41) is 10.8. The molecule has 2 aromatic heterocycles. The molecule has 14 nitrogen and oxygen atoms in total. The van der Waals surface area contributed by atoms with E-state index in [2.05, 4.69) is 47.5 Å². The summed E-state index contributed by atoms with van der Waals surface area (Å²) >= 11 is 0. The van der Waals surface area contributed by atoms with Gasteiger partial charge in [-0.15, -0.1) is 0 Å². The number of carbonyl (C=O) groups is 2. The van der Waals surface area contributed by atoms with Crippen LogP contribution >= 0.6 is 0 Å². The van der Waals surface area contributed by atoms with E-state index in [4.69, 9.17) is 0 Å². The van der Waals surface area contributed by atoms with E-state index in [1.807, 2.05) is 13.1 Å². The fourth-order valence-corrected chi connectivity index (χ4v) is 7.58. The maximum atomic E-state index is 12.9. The molecule has 3 N–H and O–H groups in total. The third kappa shape index (κ3) is 7.50. The van der Waals surface area contributed by atoms with Gasteiger partial charge in [0.05, 0.1) is 11.1 Å². The van der Waals surface area contributed by atoms with Crippen molar-refractivity contribution < 1.29 is 31.2 Å². The van der Waals surface area contributed by atoms with E-state index < -0.39 is 28.0 Å². The molecular weight excluding hydrogens is 641 g/mol. The number of halogens is 3. The lowest BCUT2D eigenvalue weighted by atomic mass is 9.89. The number of rotatable bonds is 9. The Morgan fingerprint density at radius 3 is 2.36 bits per heavy atom. The number of nitrogens with one attached hydrogen (secondary N) is 3. The number of aromatic nitrogens is 4. The van der Waals surface area contributed by atoms with Crippen LogP contribution in [0, 0.1) is 0 Å². The molecule has 3 amide bonds. The van der Waals surface area contributed by atoms with Crippen LogP contribution in [-0.2, 0) is 28.2 Å². The van der Waals surface area contributed by atoms with Crippen LogP contribution in [0.5, 0.6) is 0 Å². The summed E-state index contributed by atoms with van der Waals surface area (Å²) < 4.78 is 69.9. The van der Waals surface area contributed by atoms with Crippen molar-refractivity contribution in [2.45, 2.75) is 50.2 Å². The molecule has 5 heterocycles. The van der Waals surface area contributed by atoms with Crippen LogP contribution in [0.15, 0.2) is 30.6 Å². The van der Waals surface area contributed by atoms with Crippen molar-refractivity contribution in [1.29, 1.82) is 0 Å². The van der Waals surface area contributed by atoms with Gasteiger partial charge in [0.1, 0.15) is 0 Å². The van der Waals surface area contributed by atoms with E-state index in [0.29, 0.717) is 31.1 Å². The zero-order chi connectivity index (χ0) is 33.3. The van der Waals surface area contributed by atoms with Crippen LogP contribution in [0.25, 0.3) is 10.9 Å². The molecule has 3 fully saturated rings. The first kappa shape index (κ1) is 33.0. The summed E-state index contributed by atoms with van der Waals surface area (Å²) in [7, 11) is -1.84. The fraction of sp³-hybridized carbons (Fsp3) is 0.552. The average molecular weight is 679 g/mol. The molecule has 0 unspecified atom stereocenters. The van der Waals surface area contributed by atoms with E-state index in [9.17, 15) is 31.2 Å². The van der Waals surface area contributed by atoms with Crippen molar-refractivity contribution in [3.8, 4) is 0 Å². The van der Waals surface area contributed by atoms with Crippen molar-refractivity contribution in [2.24, 2.45) is 7.05 Å². The largest absolute Gasteiger partial charge is 0.419 e. The van der Waals surface area contributed by atoms with Gasteiger partial charge in [-0.3, -0.25) is 19.7 Å². The van der Waals surface area contributed by atoms with E-state index in [-0.39, 0.29) is 50.5 Å². The minimum absolute atomic E-state index is 0.0795. The van der Waals surface area contributed by atoms with Gasteiger partial charge in [-0.1, -0.05) is 6.07 Å². The molecule has 254 valence electrons. The molecule has 3 saturated heterocycles. The van der Waals surface area contributed by atoms with E-state index >= 15 is 0 Å². The van der Waals surface area contributed by atoms with Crippen molar-refractivity contribution in [3.63, 3.8) is 0 Å². The van der Waals surface area contributed by atoms with Gasteiger partial charge in [0, 0.05) is 70.0 Å². The molecule has 0 atom stereocenters. The van der Waals surface area contributed by atoms with Crippen LogP contribution in [0.4, 0.5) is 29.7 Å². The molecule has 47 heavy (non-hydrogen) atoms. The minimum Gasteiger partial charge on any atom is -0.351 e. The SMILES string of the molecule is Cn1nc(N2CCC(=O)NC2=O)c2ccc(C3CCN(CCNS(=O)(=O)N4CCC(Nc5ncc(C(F)(F)F)cn5)CC4)CC3)cc21. The Labute approximate surface area is 269 Å². The second kappa shape index (κ2) is 13.3. The summed E-state index contributed by atoms with van der Waals surface area (Å²) in [5.74, 6) is 0.659. The Morgan fingerprint density at radius 2 is 1.70 bits per heavy atom. The monoisotopic (exact) mass is 678 g/mol. The molecule has 3 aliphatic rings. The highest BCUT2D eigenvalue weighted by molar-refractivity contribution is 7.87. The molecule has 3 aromatic rings. The van der Waals surface area contributed by atoms with Crippen LogP contribution in [0.2, 0.25) is 0 Å². The molecule has 3 aliphatic heterocycles. The summed E-state index contributed by atoms with van der Waals surface area (Å²) in [5.41, 5.74) is 1.17. The number of imide groups is 1.